The van der Waals surface area contributed by atoms with Crippen molar-refractivity contribution in [3.05, 3.63) is 23.8 Å². The number of ether oxygens (including phenoxy) is 1. The quantitative estimate of drug-likeness (QED) is 0.699. The number of nitrogens with one attached hydrogen (secondary N) is 1. The highest BCUT2D eigenvalue weighted by atomic mass is 16.5. The van der Waals surface area contributed by atoms with Gasteiger partial charge in [-0.3, -0.25) is 9.59 Å². The van der Waals surface area contributed by atoms with Crippen molar-refractivity contribution in [1.82, 2.24) is 5.32 Å². The van der Waals surface area contributed by atoms with E-state index in [1.807, 2.05) is 0 Å². The van der Waals surface area contributed by atoms with Crippen LogP contribution in [-0.2, 0) is 16.1 Å². The molecule has 0 aromatic heterocycles. The van der Waals surface area contributed by atoms with Crippen LogP contribution in [0.15, 0.2) is 18.2 Å². The Morgan fingerprint density at radius 1 is 1.47 bits per heavy atom. The number of rotatable bonds is 6. The zero-order valence-electron chi connectivity index (χ0n) is 11.0. The summed E-state index contributed by atoms with van der Waals surface area (Å²) >= 11 is 0. The normalized spacial score (nSPS) is 11.7. The largest absolute Gasteiger partial charge is 0.507 e. The van der Waals surface area contributed by atoms with Crippen molar-refractivity contribution in [1.29, 1.82) is 0 Å². The first-order chi connectivity index (χ1) is 8.93. The predicted octanol–water partition coefficient (Wildman–Crippen LogP) is 0.528. The van der Waals surface area contributed by atoms with Gasteiger partial charge in [-0.1, -0.05) is 6.92 Å². The fourth-order valence-corrected chi connectivity index (χ4v) is 1.46. The van der Waals surface area contributed by atoms with Gasteiger partial charge in [0.15, 0.2) is 0 Å². The number of aromatic hydroxyl groups is 1. The number of hydrogen-bond acceptors (Lipinski definition) is 4. The SMILES string of the molecule is COc1ccc(CNC(=O)C[C@H](C)C(N)=O)c(O)c1. The van der Waals surface area contributed by atoms with Gasteiger partial charge in [-0.15, -0.1) is 0 Å². The molecular weight excluding hydrogens is 248 g/mol. The van der Waals surface area contributed by atoms with E-state index in [2.05, 4.69) is 5.32 Å². The van der Waals surface area contributed by atoms with Crippen LogP contribution in [0, 0.1) is 5.92 Å². The van der Waals surface area contributed by atoms with Gasteiger partial charge in [-0.2, -0.15) is 0 Å². The molecule has 0 heterocycles. The summed E-state index contributed by atoms with van der Waals surface area (Å²) in [6, 6.07) is 4.81. The van der Waals surface area contributed by atoms with Crippen LogP contribution in [-0.4, -0.2) is 24.0 Å². The first-order valence-corrected chi connectivity index (χ1v) is 5.86. The molecule has 1 rings (SSSR count). The van der Waals surface area contributed by atoms with Crippen LogP contribution in [0.1, 0.15) is 18.9 Å². The number of hydrogen-bond donors (Lipinski definition) is 3. The summed E-state index contributed by atoms with van der Waals surface area (Å²) in [6.07, 6.45) is 0.0340. The predicted molar refractivity (Wildman–Crippen MR) is 69.5 cm³/mol. The van der Waals surface area contributed by atoms with Gasteiger partial charge in [0, 0.05) is 30.5 Å². The van der Waals surface area contributed by atoms with E-state index in [4.69, 9.17) is 10.5 Å². The van der Waals surface area contributed by atoms with Gasteiger partial charge >= 0.3 is 0 Å². The minimum absolute atomic E-state index is 0.0340. The fourth-order valence-electron chi connectivity index (χ4n) is 1.46. The number of primary amides is 1. The highest BCUT2D eigenvalue weighted by molar-refractivity contribution is 5.84. The van der Waals surface area contributed by atoms with Gasteiger partial charge in [0.25, 0.3) is 0 Å². The Kier molecular flexibility index (Phi) is 5.17. The van der Waals surface area contributed by atoms with E-state index in [0.29, 0.717) is 11.3 Å². The molecule has 6 heteroatoms. The second-order valence-electron chi connectivity index (χ2n) is 4.28. The molecule has 0 radical (unpaired) electrons. The van der Waals surface area contributed by atoms with Gasteiger partial charge in [0.1, 0.15) is 11.5 Å². The lowest BCUT2D eigenvalue weighted by molar-refractivity contribution is -0.128. The minimum Gasteiger partial charge on any atom is -0.507 e. The summed E-state index contributed by atoms with van der Waals surface area (Å²) in [5.74, 6) is -0.731. The van der Waals surface area contributed by atoms with Crippen LogP contribution in [0.4, 0.5) is 0 Å². The number of benzene rings is 1. The topological polar surface area (TPSA) is 102 Å². The summed E-state index contributed by atoms with van der Waals surface area (Å²) in [6.45, 7) is 1.77. The van der Waals surface area contributed by atoms with E-state index in [1.165, 1.54) is 13.2 Å². The molecule has 0 unspecified atom stereocenters. The lowest BCUT2D eigenvalue weighted by atomic mass is 10.1. The molecule has 4 N–H and O–H groups in total. The number of carbonyl (C=O) groups is 2. The molecule has 1 atom stereocenters. The van der Waals surface area contributed by atoms with Crippen LogP contribution in [0.5, 0.6) is 11.5 Å². The van der Waals surface area contributed by atoms with Crippen molar-refractivity contribution in [3.63, 3.8) is 0 Å². The third kappa shape index (κ3) is 4.50. The first-order valence-electron chi connectivity index (χ1n) is 5.86. The Bertz CT molecular complexity index is 474. The second kappa shape index (κ2) is 6.63. The van der Waals surface area contributed by atoms with Crippen LogP contribution in [0.25, 0.3) is 0 Å². The maximum atomic E-state index is 11.5. The maximum absolute atomic E-state index is 11.5. The Labute approximate surface area is 111 Å². The molecule has 0 saturated carbocycles. The van der Waals surface area contributed by atoms with Crippen LogP contribution in [0.2, 0.25) is 0 Å². The standard InChI is InChI=1S/C13H18N2O4/c1-8(13(14)18)5-12(17)15-7-9-3-4-10(19-2)6-11(9)16/h3-4,6,8,16H,5,7H2,1-2H3,(H2,14,18)(H,15,17)/t8-/m0/s1. The van der Waals surface area contributed by atoms with Crippen LogP contribution < -0.4 is 15.8 Å². The number of methoxy groups -OCH3 is 1. The summed E-state index contributed by atoms with van der Waals surface area (Å²) < 4.78 is 4.96. The van der Waals surface area contributed by atoms with E-state index in [1.54, 1.807) is 19.1 Å². The molecule has 0 fully saturated rings. The van der Waals surface area contributed by atoms with E-state index in [-0.39, 0.29) is 24.6 Å². The highest BCUT2D eigenvalue weighted by Gasteiger charge is 2.14. The number of phenols is 1. The van der Waals surface area contributed by atoms with E-state index in [9.17, 15) is 14.7 Å². The zero-order valence-corrected chi connectivity index (χ0v) is 11.0. The van der Waals surface area contributed by atoms with Crippen molar-refractivity contribution >= 4 is 11.8 Å². The number of carbonyl (C=O) groups excluding carboxylic acids is 2. The van der Waals surface area contributed by atoms with Crippen LogP contribution >= 0.6 is 0 Å². The molecular formula is C13H18N2O4. The molecule has 1 aromatic carbocycles. The van der Waals surface area contributed by atoms with Gasteiger partial charge in [0.05, 0.1) is 7.11 Å². The molecule has 0 bridgehead atoms. The van der Waals surface area contributed by atoms with E-state index < -0.39 is 11.8 Å². The summed E-state index contributed by atoms with van der Waals surface area (Å²) in [7, 11) is 1.50. The zero-order chi connectivity index (χ0) is 14.4. The molecule has 104 valence electrons. The Morgan fingerprint density at radius 2 is 2.16 bits per heavy atom. The third-order valence-corrected chi connectivity index (χ3v) is 2.75. The Balaban J connectivity index is 2.53. The van der Waals surface area contributed by atoms with Crippen molar-refractivity contribution in [2.24, 2.45) is 11.7 Å². The summed E-state index contributed by atoms with van der Waals surface area (Å²) in [5, 5.41) is 12.3. The molecule has 19 heavy (non-hydrogen) atoms. The number of nitrogens with two attached hydrogens (primary N) is 1. The van der Waals surface area contributed by atoms with Crippen molar-refractivity contribution < 1.29 is 19.4 Å². The molecule has 1 aromatic rings. The van der Waals surface area contributed by atoms with E-state index >= 15 is 0 Å². The molecule has 0 aliphatic rings. The fraction of sp³-hybridized carbons (Fsp3) is 0.385. The first kappa shape index (κ1) is 14.8. The molecule has 0 spiro atoms. The van der Waals surface area contributed by atoms with Crippen molar-refractivity contribution in [3.8, 4) is 11.5 Å². The summed E-state index contributed by atoms with van der Waals surface area (Å²) in [4.78, 5) is 22.4. The van der Waals surface area contributed by atoms with Gasteiger partial charge in [0.2, 0.25) is 11.8 Å². The highest BCUT2D eigenvalue weighted by Crippen LogP contribution is 2.23. The summed E-state index contributed by atoms with van der Waals surface area (Å²) in [5.41, 5.74) is 5.65. The number of phenolic OH excluding ortho intramolecular Hbond substituents is 1. The van der Waals surface area contributed by atoms with Gasteiger partial charge in [-0.25, -0.2) is 0 Å². The van der Waals surface area contributed by atoms with Gasteiger partial charge < -0.3 is 20.9 Å². The second-order valence-corrected chi connectivity index (χ2v) is 4.28. The molecule has 2 amide bonds. The average molecular weight is 266 g/mol. The average Bonchev–Trinajstić information content (AvgIpc) is 2.36. The molecule has 0 saturated heterocycles. The Hall–Kier alpha value is -2.24. The maximum Gasteiger partial charge on any atom is 0.221 e. The van der Waals surface area contributed by atoms with Crippen LogP contribution in [0.3, 0.4) is 0 Å². The molecule has 6 nitrogen and oxygen atoms in total. The van der Waals surface area contributed by atoms with Crippen molar-refractivity contribution in [2.45, 2.75) is 19.9 Å². The lowest BCUT2D eigenvalue weighted by Gasteiger charge is -2.10. The smallest absolute Gasteiger partial charge is 0.221 e. The third-order valence-electron chi connectivity index (χ3n) is 2.75. The lowest BCUT2D eigenvalue weighted by Crippen LogP contribution is -2.29. The number of amides is 2. The monoisotopic (exact) mass is 266 g/mol. The minimum atomic E-state index is -0.512. The van der Waals surface area contributed by atoms with Crippen molar-refractivity contribution in [2.75, 3.05) is 7.11 Å². The molecule has 0 aliphatic heterocycles. The molecule has 0 aliphatic carbocycles. The Morgan fingerprint density at radius 3 is 2.68 bits per heavy atom. The van der Waals surface area contributed by atoms with Gasteiger partial charge in [-0.05, 0) is 12.1 Å². The van der Waals surface area contributed by atoms with E-state index in [0.717, 1.165) is 0 Å².